The minimum absolute atomic E-state index is 0.0661. The van der Waals surface area contributed by atoms with Crippen LogP contribution in [-0.2, 0) is 34.3 Å². The number of esters is 1. The Morgan fingerprint density at radius 3 is 2.45 bits per heavy atom. The number of carboxylic acid groups (broad SMARTS) is 1. The van der Waals surface area contributed by atoms with Gasteiger partial charge in [-0.3, -0.25) is 9.35 Å². The zero-order valence-electron chi connectivity index (χ0n) is 17.0. The number of carboxylic acids is 1. The zero-order valence-corrected chi connectivity index (χ0v) is 18.6. The number of hydrogen-bond donors (Lipinski definition) is 5. The topological polar surface area (TPSA) is 220 Å². The first kappa shape index (κ1) is 26.2. The summed E-state index contributed by atoms with van der Waals surface area (Å²) in [5, 5.41) is 16.3. The van der Waals surface area contributed by atoms with Gasteiger partial charge in [-0.05, 0) is 27.7 Å². The molecule has 1 aromatic rings. The molecule has 1 aromatic heterocycles. The maximum Gasteiger partial charge on any atom is 0.350 e. The van der Waals surface area contributed by atoms with Gasteiger partial charge >= 0.3 is 22.2 Å². The lowest BCUT2D eigenvalue weighted by atomic mass is 10.1. The predicted molar refractivity (Wildman–Crippen MR) is 109 cm³/mol. The Bertz CT molecular complexity index is 958. The van der Waals surface area contributed by atoms with E-state index in [1.165, 1.54) is 33.1 Å². The van der Waals surface area contributed by atoms with Gasteiger partial charge in [-0.25, -0.2) is 14.6 Å². The highest BCUT2D eigenvalue weighted by molar-refractivity contribution is 7.83. The van der Waals surface area contributed by atoms with Crippen molar-refractivity contribution in [1.29, 1.82) is 0 Å². The van der Waals surface area contributed by atoms with Crippen molar-refractivity contribution >= 4 is 50.3 Å². The van der Waals surface area contributed by atoms with Gasteiger partial charge in [-0.1, -0.05) is 5.16 Å². The molecular formula is C15H23N5O9S2. The third-order valence-electron chi connectivity index (χ3n) is 3.52. The number of aromatic nitrogens is 1. The number of anilines is 1. The molecule has 174 valence electrons. The molecular weight excluding hydrogens is 458 g/mol. The van der Waals surface area contributed by atoms with Gasteiger partial charge in [0.2, 0.25) is 5.60 Å². The molecule has 0 aromatic carbocycles. The molecule has 31 heavy (non-hydrogen) atoms. The second-order valence-corrected chi connectivity index (χ2v) is 8.58. The fraction of sp³-hybridized carbons (Fsp3) is 0.533. The van der Waals surface area contributed by atoms with Crippen LogP contribution in [-0.4, -0.2) is 70.9 Å². The molecule has 0 spiro atoms. The number of oxime groups is 1. The SMILES string of the molecule is CCOC(=O)[C@@H](NC(=O)/C(=N\OC(C)(C)C(=O)O)c1csc(N)n1)C(C)NS(=O)(=O)O. The number of hydrogen-bond acceptors (Lipinski definition) is 11. The van der Waals surface area contributed by atoms with Gasteiger partial charge in [0.1, 0.15) is 11.7 Å². The molecule has 1 unspecified atom stereocenters. The molecule has 0 saturated carbocycles. The molecule has 1 heterocycles. The Labute approximate surface area is 181 Å². The van der Waals surface area contributed by atoms with Crippen molar-refractivity contribution in [3.8, 4) is 0 Å². The molecule has 0 bridgehead atoms. The Kier molecular flexibility index (Phi) is 8.85. The van der Waals surface area contributed by atoms with Gasteiger partial charge in [0.05, 0.1) is 12.6 Å². The number of nitrogens with two attached hydrogens (primary N) is 1. The van der Waals surface area contributed by atoms with Gasteiger partial charge < -0.3 is 25.7 Å². The van der Waals surface area contributed by atoms with E-state index >= 15 is 0 Å². The maximum atomic E-state index is 12.8. The molecule has 0 fully saturated rings. The van der Waals surface area contributed by atoms with E-state index in [-0.39, 0.29) is 17.4 Å². The summed E-state index contributed by atoms with van der Waals surface area (Å²) >= 11 is 0.955. The lowest BCUT2D eigenvalue weighted by molar-refractivity contribution is -0.161. The van der Waals surface area contributed by atoms with E-state index in [0.29, 0.717) is 0 Å². The van der Waals surface area contributed by atoms with Gasteiger partial charge in [-0.2, -0.15) is 13.1 Å². The zero-order chi connectivity index (χ0) is 24.0. The van der Waals surface area contributed by atoms with Gasteiger partial charge in [-0.15, -0.1) is 11.3 Å². The van der Waals surface area contributed by atoms with Gasteiger partial charge in [0, 0.05) is 5.38 Å². The summed E-state index contributed by atoms with van der Waals surface area (Å²) in [6.07, 6.45) is 0. The van der Waals surface area contributed by atoms with E-state index in [4.69, 9.17) is 25.0 Å². The number of nitrogens with one attached hydrogen (secondary N) is 2. The van der Waals surface area contributed by atoms with Crippen molar-refractivity contribution in [2.45, 2.75) is 45.4 Å². The van der Waals surface area contributed by atoms with Crippen molar-refractivity contribution in [2.24, 2.45) is 5.16 Å². The first-order chi connectivity index (χ1) is 14.2. The Balaban J connectivity index is 3.28. The molecule has 1 rings (SSSR count). The normalized spacial score (nSPS) is 14.4. The van der Waals surface area contributed by atoms with Crippen molar-refractivity contribution < 1.29 is 42.0 Å². The smallest absolute Gasteiger partial charge is 0.350 e. The lowest BCUT2D eigenvalue weighted by Crippen LogP contribution is -2.56. The molecule has 16 heteroatoms. The Morgan fingerprint density at radius 2 is 2.00 bits per heavy atom. The second kappa shape index (κ2) is 10.5. The number of nitrogen functional groups attached to an aromatic ring is 1. The highest BCUT2D eigenvalue weighted by Gasteiger charge is 2.34. The minimum Gasteiger partial charge on any atom is -0.478 e. The summed E-state index contributed by atoms with van der Waals surface area (Å²) in [5.41, 5.74) is 3.13. The van der Waals surface area contributed by atoms with Gasteiger partial charge in [0.25, 0.3) is 5.91 Å². The standard InChI is InChI=1S/C15H23N5O9S2/c1-5-28-12(22)9(7(2)20-31(25,26)27)18-11(21)10(8-6-30-14(16)17-8)19-29-15(3,4)13(23)24/h6-7,9,20H,5H2,1-4H3,(H2,16,17)(H,18,21)(H,23,24)(H,25,26,27)/b19-10-/t7?,9-/m0/s1. The third-order valence-corrected chi connectivity index (χ3v) is 4.87. The number of ether oxygens (including phenoxy) is 1. The van der Waals surface area contributed by atoms with Crippen molar-refractivity contribution in [3.63, 3.8) is 0 Å². The lowest BCUT2D eigenvalue weighted by Gasteiger charge is -2.23. The summed E-state index contributed by atoms with van der Waals surface area (Å²) in [5.74, 6) is -3.46. The van der Waals surface area contributed by atoms with E-state index in [1.807, 2.05) is 0 Å². The Hall–Kier alpha value is -2.82. The quantitative estimate of drug-likeness (QED) is 0.113. The summed E-state index contributed by atoms with van der Waals surface area (Å²) in [7, 11) is -4.72. The highest BCUT2D eigenvalue weighted by atomic mass is 32.2. The number of nitrogens with zero attached hydrogens (tertiary/aromatic N) is 2. The van der Waals surface area contributed by atoms with Crippen molar-refractivity contribution in [1.82, 2.24) is 15.0 Å². The van der Waals surface area contributed by atoms with Gasteiger partial charge in [0.15, 0.2) is 10.8 Å². The fourth-order valence-electron chi connectivity index (χ4n) is 1.93. The molecule has 6 N–H and O–H groups in total. The average Bonchev–Trinajstić information content (AvgIpc) is 3.04. The first-order valence-electron chi connectivity index (χ1n) is 8.61. The first-order valence-corrected chi connectivity index (χ1v) is 10.9. The summed E-state index contributed by atoms with van der Waals surface area (Å²) in [6.45, 7) is 4.97. The van der Waals surface area contributed by atoms with E-state index in [9.17, 15) is 22.8 Å². The maximum absolute atomic E-state index is 12.8. The molecule has 0 aliphatic carbocycles. The van der Waals surface area contributed by atoms with Crippen LogP contribution < -0.4 is 15.8 Å². The molecule has 0 aliphatic heterocycles. The van der Waals surface area contributed by atoms with Crippen LogP contribution in [0.2, 0.25) is 0 Å². The van der Waals surface area contributed by atoms with Crippen molar-refractivity contribution in [3.05, 3.63) is 11.1 Å². The van der Waals surface area contributed by atoms with E-state index < -0.39 is 51.5 Å². The minimum atomic E-state index is -4.72. The predicted octanol–water partition coefficient (Wildman–Crippen LogP) is -0.862. The second-order valence-electron chi connectivity index (χ2n) is 6.50. The number of aliphatic carboxylic acids is 1. The van der Waals surface area contributed by atoms with E-state index in [1.54, 1.807) is 4.72 Å². The van der Waals surface area contributed by atoms with E-state index in [2.05, 4.69) is 15.5 Å². The van der Waals surface area contributed by atoms with E-state index in [0.717, 1.165) is 11.3 Å². The third kappa shape index (κ3) is 8.08. The summed E-state index contributed by atoms with van der Waals surface area (Å²) in [6, 6.07) is -2.93. The molecule has 0 aliphatic rings. The highest BCUT2D eigenvalue weighted by Crippen LogP contribution is 2.15. The largest absolute Gasteiger partial charge is 0.478 e. The van der Waals surface area contributed by atoms with Crippen LogP contribution in [0.3, 0.4) is 0 Å². The summed E-state index contributed by atoms with van der Waals surface area (Å²) in [4.78, 5) is 45.1. The van der Waals surface area contributed by atoms with Crippen LogP contribution in [0.25, 0.3) is 0 Å². The summed E-state index contributed by atoms with van der Waals surface area (Å²) < 4.78 is 37.8. The monoisotopic (exact) mass is 481 g/mol. The number of rotatable bonds is 11. The molecule has 2 atom stereocenters. The van der Waals surface area contributed by atoms with Crippen molar-refractivity contribution in [2.75, 3.05) is 12.3 Å². The van der Waals surface area contributed by atoms with Crippen LogP contribution in [0.4, 0.5) is 5.13 Å². The van der Waals surface area contributed by atoms with Crippen LogP contribution in [0.15, 0.2) is 10.5 Å². The van der Waals surface area contributed by atoms with Crippen LogP contribution in [0.5, 0.6) is 0 Å². The van der Waals surface area contributed by atoms with Crippen LogP contribution >= 0.6 is 11.3 Å². The van der Waals surface area contributed by atoms with Crippen LogP contribution in [0.1, 0.15) is 33.4 Å². The molecule has 0 radical (unpaired) electrons. The molecule has 0 saturated heterocycles. The number of thiazole rings is 1. The number of amides is 1. The average molecular weight is 482 g/mol. The molecule has 14 nitrogen and oxygen atoms in total. The number of carbonyl (C=O) groups excluding carboxylic acids is 2. The van der Waals surface area contributed by atoms with Crippen LogP contribution in [0, 0.1) is 0 Å². The fourth-order valence-corrected chi connectivity index (χ4v) is 3.09. The Morgan fingerprint density at radius 1 is 1.39 bits per heavy atom. The molecule has 1 amide bonds. The number of carbonyl (C=O) groups is 3.